The summed E-state index contributed by atoms with van der Waals surface area (Å²) in [7, 11) is 0. The Labute approximate surface area is 143 Å². The van der Waals surface area contributed by atoms with Crippen LogP contribution in [0.5, 0.6) is 0 Å². The first-order chi connectivity index (χ1) is 10.3. The fourth-order valence-corrected chi connectivity index (χ4v) is 5.89. The highest BCUT2D eigenvalue weighted by atomic mass is 79.9. The van der Waals surface area contributed by atoms with E-state index in [0.29, 0.717) is 6.04 Å². The molecule has 0 spiro atoms. The summed E-state index contributed by atoms with van der Waals surface area (Å²) in [6.45, 7) is 3.31. The van der Waals surface area contributed by atoms with Crippen molar-refractivity contribution in [3.05, 3.63) is 42.2 Å². The largest absolute Gasteiger partial charge is 0.305 e. The topological polar surface area (TPSA) is 12.0 Å². The first kappa shape index (κ1) is 15.7. The molecule has 4 heteroatoms. The zero-order valence-electron chi connectivity index (χ0n) is 12.5. The highest BCUT2D eigenvalue weighted by molar-refractivity contribution is 9.11. The van der Waals surface area contributed by atoms with Gasteiger partial charge in [-0.1, -0.05) is 13.3 Å². The third kappa shape index (κ3) is 3.79. The molecule has 21 heavy (non-hydrogen) atoms. The van der Waals surface area contributed by atoms with Gasteiger partial charge in [0.25, 0.3) is 0 Å². The second-order valence-corrected chi connectivity index (χ2v) is 9.35. The molecular formula is C17H22BrNS2. The lowest BCUT2D eigenvalue weighted by Gasteiger charge is -2.15. The van der Waals surface area contributed by atoms with Crippen molar-refractivity contribution in [1.82, 2.24) is 5.32 Å². The summed E-state index contributed by atoms with van der Waals surface area (Å²) in [6.07, 6.45) is 7.86. The minimum Gasteiger partial charge on any atom is -0.305 e. The fourth-order valence-electron chi connectivity index (χ4n) is 2.95. The van der Waals surface area contributed by atoms with Gasteiger partial charge in [0.1, 0.15) is 0 Å². The molecule has 2 aromatic rings. The standard InChI is InChI=1S/C17H22BrNS2/c1-2-10-19-17(14-8-9-16(18)21-14)15-11-12-6-4-3-5-7-13(12)20-15/h8-9,11,17,19H,2-7,10H2,1H3. The zero-order valence-corrected chi connectivity index (χ0v) is 15.7. The van der Waals surface area contributed by atoms with Crippen molar-refractivity contribution in [2.24, 2.45) is 0 Å². The van der Waals surface area contributed by atoms with E-state index < -0.39 is 0 Å². The van der Waals surface area contributed by atoms with Gasteiger partial charge in [-0.3, -0.25) is 0 Å². The lowest BCUT2D eigenvalue weighted by Crippen LogP contribution is -2.21. The average Bonchev–Trinajstić information content (AvgIpc) is 3.01. The van der Waals surface area contributed by atoms with Crippen LogP contribution in [0.3, 0.4) is 0 Å². The third-order valence-electron chi connectivity index (χ3n) is 4.03. The van der Waals surface area contributed by atoms with Crippen LogP contribution in [0.15, 0.2) is 22.0 Å². The number of thiophene rings is 2. The molecule has 0 amide bonds. The molecule has 0 bridgehead atoms. The molecule has 2 heterocycles. The molecule has 1 nitrogen and oxygen atoms in total. The summed E-state index contributed by atoms with van der Waals surface area (Å²) in [4.78, 5) is 4.57. The van der Waals surface area contributed by atoms with Gasteiger partial charge in [-0.2, -0.15) is 0 Å². The second kappa shape index (κ2) is 7.40. The van der Waals surface area contributed by atoms with Gasteiger partial charge in [-0.15, -0.1) is 22.7 Å². The van der Waals surface area contributed by atoms with Crippen LogP contribution in [-0.2, 0) is 12.8 Å². The Kier molecular flexibility index (Phi) is 5.54. The summed E-state index contributed by atoms with van der Waals surface area (Å²) >= 11 is 7.49. The van der Waals surface area contributed by atoms with Crippen LogP contribution in [0.4, 0.5) is 0 Å². The van der Waals surface area contributed by atoms with Crippen molar-refractivity contribution in [3.63, 3.8) is 0 Å². The molecule has 1 aliphatic carbocycles. The molecule has 0 aromatic carbocycles. The fraction of sp³-hybridized carbons (Fsp3) is 0.529. The Morgan fingerprint density at radius 2 is 2.00 bits per heavy atom. The summed E-state index contributed by atoms with van der Waals surface area (Å²) in [5.41, 5.74) is 1.62. The van der Waals surface area contributed by atoms with Gasteiger partial charge < -0.3 is 5.32 Å². The van der Waals surface area contributed by atoms with Crippen LogP contribution in [0.25, 0.3) is 0 Å². The van der Waals surface area contributed by atoms with E-state index in [1.165, 1.54) is 52.1 Å². The Hall–Kier alpha value is -0.160. The van der Waals surface area contributed by atoms with E-state index in [-0.39, 0.29) is 0 Å². The Morgan fingerprint density at radius 3 is 2.76 bits per heavy atom. The smallest absolute Gasteiger partial charge is 0.0765 e. The Balaban J connectivity index is 1.89. The van der Waals surface area contributed by atoms with Crippen molar-refractivity contribution < 1.29 is 0 Å². The number of rotatable bonds is 5. The van der Waals surface area contributed by atoms with Gasteiger partial charge in [0, 0.05) is 14.6 Å². The molecule has 0 radical (unpaired) electrons. The molecule has 1 atom stereocenters. The maximum atomic E-state index is 3.74. The molecule has 1 unspecified atom stereocenters. The summed E-state index contributed by atoms with van der Waals surface area (Å²) in [6, 6.07) is 7.27. The molecule has 0 saturated carbocycles. The number of halogens is 1. The summed E-state index contributed by atoms with van der Waals surface area (Å²) in [5, 5.41) is 3.74. The summed E-state index contributed by atoms with van der Waals surface area (Å²) in [5.74, 6) is 0. The van der Waals surface area contributed by atoms with Gasteiger partial charge in [0.2, 0.25) is 0 Å². The first-order valence-corrected chi connectivity index (χ1v) is 10.3. The molecule has 0 aliphatic heterocycles. The van der Waals surface area contributed by atoms with E-state index >= 15 is 0 Å². The molecule has 114 valence electrons. The lowest BCUT2D eigenvalue weighted by atomic mass is 10.1. The van der Waals surface area contributed by atoms with E-state index in [0.717, 1.165) is 6.54 Å². The predicted molar refractivity (Wildman–Crippen MR) is 97.7 cm³/mol. The second-order valence-electron chi connectivity index (χ2n) is 5.69. The SMILES string of the molecule is CCCNC(c1ccc(Br)s1)c1cc2c(s1)CCCCC2. The van der Waals surface area contributed by atoms with Crippen LogP contribution in [0.1, 0.15) is 58.8 Å². The van der Waals surface area contributed by atoms with Gasteiger partial charge in [0.15, 0.2) is 0 Å². The van der Waals surface area contributed by atoms with Gasteiger partial charge in [0.05, 0.1) is 9.83 Å². The van der Waals surface area contributed by atoms with E-state index in [2.05, 4.69) is 46.4 Å². The first-order valence-electron chi connectivity index (χ1n) is 7.88. The van der Waals surface area contributed by atoms with E-state index in [1.807, 2.05) is 22.7 Å². The monoisotopic (exact) mass is 383 g/mol. The van der Waals surface area contributed by atoms with E-state index in [9.17, 15) is 0 Å². The van der Waals surface area contributed by atoms with E-state index in [1.54, 1.807) is 10.4 Å². The average molecular weight is 384 g/mol. The minimum atomic E-state index is 0.373. The van der Waals surface area contributed by atoms with Gasteiger partial charge >= 0.3 is 0 Å². The Morgan fingerprint density at radius 1 is 1.14 bits per heavy atom. The normalized spacial score (nSPS) is 16.5. The highest BCUT2D eigenvalue weighted by Gasteiger charge is 2.20. The predicted octanol–water partition coefficient (Wildman–Crippen LogP) is 5.93. The molecule has 0 saturated heterocycles. The van der Waals surface area contributed by atoms with Crippen molar-refractivity contribution in [1.29, 1.82) is 0 Å². The molecule has 1 aliphatic rings. The van der Waals surface area contributed by atoms with Gasteiger partial charge in [-0.25, -0.2) is 0 Å². The van der Waals surface area contributed by atoms with Crippen LogP contribution in [0, 0.1) is 0 Å². The molecule has 0 fully saturated rings. The van der Waals surface area contributed by atoms with Crippen molar-refractivity contribution in [3.8, 4) is 0 Å². The quantitative estimate of drug-likeness (QED) is 0.630. The number of nitrogens with one attached hydrogen (secondary N) is 1. The number of aryl methyl sites for hydroxylation is 2. The minimum absolute atomic E-state index is 0.373. The molecule has 1 N–H and O–H groups in total. The Bertz CT molecular complexity index is 564. The highest BCUT2D eigenvalue weighted by Crippen LogP contribution is 2.37. The molecular weight excluding hydrogens is 362 g/mol. The van der Waals surface area contributed by atoms with Crippen LogP contribution >= 0.6 is 38.6 Å². The zero-order chi connectivity index (χ0) is 14.7. The van der Waals surface area contributed by atoms with Crippen LogP contribution in [-0.4, -0.2) is 6.54 Å². The lowest BCUT2D eigenvalue weighted by molar-refractivity contribution is 0.612. The maximum absolute atomic E-state index is 3.74. The number of hydrogen-bond donors (Lipinski definition) is 1. The van der Waals surface area contributed by atoms with Gasteiger partial charge in [-0.05, 0) is 78.3 Å². The van der Waals surface area contributed by atoms with Crippen LogP contribution in [0.2, 0.25) is 0 Å². The number of hydrogen-bond acceptors (Lipinski definition) is 3. The maximum Gasteiger partial charge on any atom is 0.0765 e. The third-order valence-corrected chi connectivity index (χ3v) is 7.02. The molecule has 2 aromatic heterocycles. The van der Waals surface area contributed by atoms with E-state index in [4.69, 9.17) is 0 Å². The summed E-state index contributed by atoms with van der Waals surface area (Å²) < 4.78 is 1.22. The number of fused-ring (bicyclic) bond motifs is 1. The van der Waals surface area contributed by atoms with Crippen LogP contribution < -0.4 is 5.32 Å². The van der Waals surface area contributed by atoms with Crippen molar-refractivity contribution in [2.75, 3.05) is 6.54 Å². The van der Waals surface area contributed by atoms with Crippen molar-refractivity contribution >= 4 is 38.6 Å². The van der Waals surface area contributed by atoms with Crippen molar-refractivity contribution in [2.45, 2.75) is 51.5 Å². The molecule has 3 rings (SSSR count).